The molecule has 1 aliphatic rings. The summed E-state index contributed by atoms with van der Waals surface area (Å²) in [5, 5.41) is 4.46. The topological polar surface area (TPSA) is 18.8 Å². The minimum atomic E-state index is -0.705. The molecule has 30 heavy (non-hydrogen) atoms. The molecule has 0 amide bonds. The van der Waals surface area contributed by atoms with Gasteiger partial charge in [-0.05, 0) is 12.1 Å². The fourth-order valence-corrected chi connectivity index (χ4v) is 4.23. The first-order chi connectivity index (χ1) is 14.8. The lowest BCUT2D eigenvalue weighted by atomic mass is 9.90. The molecule has 0 radical (unpaired) electrons. The first-order valence-electron chi connectivity index (χ1n) is 10.2. The van der Waals surface area contributed by atoms with E-state index in [0.717, 1.165) is 28.2 Å². The van der Waals surface area contributed by atoms with Crippen molar-refractivity contribution in [3.05, 3.63) is 138 Å². The average Bonchev–Trinajstić information content (AvgIpc) is 3.15. The molecule has 0 spiro atoms. The van der Waals surface area contributed by atoms with Crippen molar-refractivity contribution in [2.24, 2.45) is 4.99 Å². The molecule has 0 saturated heterocycles. The van der Waals surface area contributed by atoms with E-state index in [9.17, 15) is 0 Å². The van der Waals surface area contributed by atoms with Gasteiger partial charge in [0.05, 0.1) is 5.69 Å². The second kappa shape index (κ2) is 7.53. The summed E-state index contributed by atoms with van der Waals surface area (Å²) in [5.74, 6) is 0.937. The van der Waals surface area contributed by atoms with Crippen molar-refractivity contribution in [1.82, 2.24) is 5.01 Å². The molecule has 4 aromatic rings. The third-order valence-electron chi connectivity index (χ3n) is 5.57. The first kappa shape index (κ1) is 18.2. The van der Waals surface area contributed by atoms with Gasteiger partial charge in [0.2, 0.25) is 5.66 Å². The molecule has 3 nitrogen and oxygen atoms in total. The van der Waals surface area contributed by atoms with Gasteiger partial charge < -0.3 is 0 Å². The van der Waals surface area contributed by atoms with Gasteiger partial charge in [-0.2, -0.15) is 0 Å². The van der Waals surface area contributed by atoms with Gasteiger partial charge in [0, 0.05) is 23.7 Å². The second-order valence-corrected chi connectivity index (χ2v) is 7.38. The van der Waals surface area contributed by atoms with Crippen LogP contribution in [0.25, 0.3) is 0 Å². The molecule has 5 rings (SSSR count). The zero-order chi connectivity index (χ0) is 20.4. The Morgan fingerprint density at radius 3 is 1.50 bits per heavy atom. The van der Waals surface area contributed by atoms with Crippen LogP contribution in [-0.2, 0) is 5.66 Å². The number of nitrogens with zero attached hydrogens (tertiary/aromatic N) is 3. The molecule has 3 heteroatoms. The zero-order valence-corrected chi connectivity index (χ0v) is 16.9. The van der Waals surface area contributed by atoms with E-state index >= 15 is 0 Å². The Balaban J connectivity index is 1.83. The largest absolute Gasteiger partial charge is 0.268 e. The Bertz CT molecular complexity index is 1100. The molecule has 0 bridgehead atoms. The minimum Gasteiger partial charge on any atom is -0.268 e. The summed E-state index contributed by atoms with van der Waals surface area (Å²) in [6, 6.07) is 41.9. The van der Waals surface area contributed by atoms with Crippen LogP contribution in [0.1, 0.15) is 16.7 Å². The number of hydrogen-bond acceptors (Lipinski definition) is 3. The molecule has 0 saturated carbocycles. The van der Waals surface area contributed by atoms with E-state index in [0.29, 0.717) is 0 Å². The van der Waals surface area contributed by atoms with Crippen LogP contribution in [0.2, 0.25) is 0 Å². The summed E-state index contributed by atoms with van der Waals surface area (Å²) in [4.78, 5) is 5.44. The third kappa shape index (κ3) is 2.87. The van der Waals surface area contributed by atoms with Gasteiger partial charge in [-0.25, -0.2) is 10.0 Å². The van der Waals surface area contributed by atoms with Crippen LogP contribution >= 0.6 is 0 Å². The van der Waals surface area contributed by atoms with Crippen molar-refractivity contribution in [3.8, 4) is 0 Å². The summed E-state index contributed by atoms with van der Waals surface area (Å²) in [6.45, 7) is 0. The molecule has 0 N–H and O–H groups in total. The van der Waals surface area contributed by atoms with E-state index in [1.807, 2.05) is 12.1 Å². The minimum absolute atomic E-state index is 0.705. The highest BCUT2D eigenvalue weighted by molar-refractivity contribution is 6.02. The van der Waals surface area contributed by atoms with Gasteiger partial charge in [0.15, 0.2) is 5.84 Å². The SMILES string of the molecule is CN1C(c2ccccc2)=NC(c2ccccc2)(c2ccccc2)N1c1ccccc1. The van der Waals surface area contributed by atoms with E-state index in [4.69, 9.17) is 4.99 Å². The number of anilines is 1. The quantitative estimate of drug-likeness (QED) is 0.446. The van der Waals surface area contributed by atoms with E-state index in [1.54, 1.807) is 0 Å². The van der Waals surface area contributed by atoms with E-state index < -0.39 is 5.66 Å². The summed E-state index contributed by atoms with van der Waals surface area (Å²) in [5.41, 5.74) is 3.72. The number of aliphatic imine (C=N–C) groups is 1. The number of amidine groups is 1. The maximum Gasteiger partial charge on any atom is 0.204 e. The monoisotopic (exact) mass is 389 g/mol. The van der Waals surface area contributed by atoms with Crippen molar-refractivity contribution < 1.29 is 0 Å². The van der Waals surface area contributed by atoms with Crippen molar-refractivity contribution in [1.29, 1.82) is 0 Å². The van der Waals surface area contributed by atoms with Crippen molar-refractivity contribution >= 4 is 11.5 Å². The van der Waals surface area contributed by atoms with Gasteiger partial charge in [-0.1, -0.05) is 109 Å². The lowest BCUT2D eigenvalue weighted by Crippen LogP contribution is -2.50. The van der Waals surface area contributed by atoms with E-state index in [-0.39, 0.29) is 0 Å². The fourth-order valence-electron chi connectivity index (χ4n) is 4.23. The van der Waals surface area contributed by atoms with E-state index in [2.05, 4.69) is 126 Å². The molecule has 0 aromatic heterocycles. The summed E-state index contributed by atoms with van der Waals surface area (Å²) in [7, 11) is 2.09. The Morgan fingerprint density at radius 2 is 1.00 bits per heavy atom. The van der Waals surface area contributed by atoms with Crippen LogP contribution in [0.4, 0.5) is 5.69 Å². The molecule has 1 heterocycles. The maximum absolute atomic E-state index is 5.44. The van der Waals surface area contributed by atoms with E-state index in [1.165, 1.54) is 0 Å². The van der Waals surface area contributed by atoms with Crippen LogP contribution in [0, 0.1) is 0 Å². The van der Waals surface area contributed by atoms with Gasteiger partial charge in [0.25, 0.3) is 0 Å². The Labute approximate surface area is 177 Å². The number of benzene rings is 4. The van der Waals surface area contributed by atoms with Gasteiger partial charge in [-0.15, -0.1) is 0 Å². The van der Waals surface area contributed by atoms with Gasteiger partial charge in [-0.3, -0.25) is 5.01 Å². The lowest BCUT2D eigenvalue weighted by molar-refractivity contribution is 0.378. The Kier molecular flexibility index (Phi) is 4.56. The zero-order valence-electron chi connectivity index (χ0n) is 16.9. The highest BCUT2D eigenvalue weighted by Crippen LogP contribution is 2.45. The number of hydrazine groups is 1. The normalized spacial score (nSPS) is 15.2. The lowest BCUT2D eigenvalue weighted by Gasteiger charge is -2.41. The molecule has 0 aliphatic carbocycles. The van der Waals surface area contributed by atoms with Crippen molar-refractivity contribution in [2.75, 3.05) is 12.1 Å². The molecule has 146 valence electrons. The van der Waals surface area contributed by atoms with Crippen LogP contribution < -0.4 is 5.01 Å². The predicted octanol–water partition coefficient (Wildman–Crippen LogP) is 5.70. The van der Waals surface area contributed by atoms with Crippen LogP contribution in [0.3, 0.4) is 0 Å². The highest BCUT2D eigenvalue weighted by atomic mass is 15.7. The summed E-state index contributed by atoms with van der Waals surface area (Å²) in [6.07, 6.45) is 0. The van der Waals surface area contributed by atoms with Crippen LogP contribution in [-0.4, -0.2) is 17.9 Å². The van der Waals surface area contributed by atoms with Crippen molar-refractivity contribution in [3.63, 3.8) is 0 Å². The standard InChI is InChI=1S/C27H23N3/c1-29-26(22-14-6-2-7-15-22)28-27(23-16-8-3-9-17-23,24-18-10-4-11-19-24)30(29)25-20-12-5-13-21-25/h2-21H,1H3. The van der Waals surface area contributed by atoms with Crippen LogP contribution in [0.15, 0.2) is 126 Å². The summed E-state index contributed by atoms with van der Waals surface area (Å²) < 4.78 is 0. The van der Waals surface area contributed by atoms with Gasteiger partial charge >= 0.3 is 0 Å². The van der Waals surface area contributed by atoms with Gasteiger partial charge in [0.1, 0.15) is 0 Å². The average molecular weight is 390 g/mol. The molecular formula is C27H23N3. The summed E-state index contributed by atoms with van der Waals surface area (Å²) >= 11 is 0. The Hall–Kier alpha value is -3.85. The third-order valence-corrected chi connectivity index (χ3v) is 5.57. The molecule has 0 fully saturated rings. The maximum atomic E-state index is 5.44. The molecule has 1 aliphatic heterocycles. The molecule has 0 atom stereocenters. The molecule has 0 unspecified atom stereocenters. The second-order valence-electron chi connectivity index (χ2n) is 7.38. The number of rotatable bonds is 4. The molecule has 4 aromatic carbocycles. The first-order valence-corrected chi connectivity index (χ1v) is 10.2. The fraction of sp³-hybridized carbons (Fsp3) is 0.0741. The molecular weight excluding hydrogens is 366 g/mol. The predicted molar refractivity (Wildman–Crippen MR) is 123 cm³/mol. The van der Waals surface area contributed by atoms with Crippen molar-refractivity contribution in [2.45, 2.75) is 5.66 Å². The number of para-hydroxylation sites is 1. The Morgan fingerprint density at radius 1 is 0.567 bits per heavy atom. The smallest absolute Gasteiger partial charge is 0.204 e. The number of hydrogen-bond donors (Lipinski definition) is 0. The highest BCUT2D eigenvalue weighted by Gasteiger charge is 2.48. The van der Waals surface area contributed by atoms with Crippen LogP contribution in [0.5, 0.6) is 0 Å².